The third-order valence-corrected chi connectivity index (χ3v) is 13.9. The van der Waals surface area contributed by atoms with Gasteiger partial charge in [-0.15, -0.1) is 23.1 Å². The van der Waals surface area contributed by atoms with Crippen LogP contribution in [-0.4, -0.2) is 28.8 Å². The molecule has 0 unspecified atom stereocenters. The molecule has 0 aliphatic rings. The number of thiophene rings is 1. The van der Waals surface area contributed by atoms with Crippen LogP contribution in [0.5, 0.6) is 11.5 Å². The topological polar surface area (TPSA) is 106 Å². The Bertz CT molecular complexity index is 2790. The van der Waals surface area contributed by atoms with Gasteiger partial charge in [-0.05, 0) is 133 Å². The minimum Gasteiger partial charge on any atom is -0.489 e. The molecule has 0 saturated carbocycles. The van der Waals surface area contributed by atoms with E-state index in [2.05, 4.69) is 18.2 Å². The summed E-state index contributed by atoms with van der Waals surface area (Å²) in [6, 6.07) is 35.9. The number of halogens is 7. The Labute approximate surface area is 406 Å². The molecule has 68 heavy (non-hydrogen) atoms. The number of ether oxygens (including phenoxy) is 2. The lowest BCUT2D eigenvalue weighted by Crippen LogP contribution is -2.09. The Hall–Kier alpha value is -5.81. The first-order chi connectivity index (χ1) is 32.3. The van der Waals surface area contributed by atoms with E-state index in [4.69, 9.17) is 35.7 Å². The van der Waals surface area contributed by atoms with Crippen molar-refractivity contribution in [1.82, 2.24) is 0 Å². The summed E-state index contributed by atoms with van der Waals surface area (Å²) in [4.78, 5) is 24.6. The van der Waals surface area contributed by atoms with E-state index in [0.29, 0.717) is 34.3 Å². The first kappa shape index (κ1) is 51.6. The Morgan fingerprint density at radius 1 is 0.691 bits per heavy atom. The number of hydrogen-bond donors (Lipinski definition) is 2. The Balaban J connectivity index is 0.000000230. The molecule has 2 N–H and O–H groups in total. The van der Waals surface area contributed by atoms with Crippen molar-refractivity contribution in [3.05, 3.63) is 182 Å². The van der Waals surface area contributed by atoms with Crippen LogP contribution in [0.25, 0.3) is 21.8 Å². The summed E-state index contributed by atoms with van der Waals surface area (Å²) >= 11 is 10.9. The predicted octanol–water partition coefficient (Wildman–Crippen LogP) is 15.5. The second-order valence-electron chi connectivity index (χ2n) is 15.3. The van der Waals surface area contributed by atoms with Crippen molar-refractivity contribution in [2.45, 2.75) is 67.8 Å². The summed E-state index contributed by atoms with van der Waals surface area (Å²) in [7, 11) is 0. The Morgan fingerprint density at radius 3 is 2.03 bits per heavy atom. The van der Waals surface area contributed by atoms with Crippen LogP contribution in [0.3, 0.4) is 0 Å². The molecule has 5 aromatic carbocycles. The van der Waals surface area contributed by atoms with Crippen molar-refractivity contribution in [1.29, 1.82) is 0 Å². The minimum atomic E-state index is -4.67. The fourth-order valence-corrected chi connectivity index (χ4v) is 10.2. The highest BCUT2D eigenvalue weighted by Gasteiger charge is 2.39. The van der Waals surface area contributed by atoms with E-state index in [1.807, 2.05) is 37.3 Å². The zero-order valence-electron chi connectivity index (χ0n) is 36.4. The third kappa shape index (κ3) is 15.1. The van der Waals surface area contributed by atoms with E-state index in [-0.39, 0.29) is 31.0 Å². The molecule has 0 spiro atoms. The van der Waals surface area contributed by atoms with Gasteiger partial charge in [0.15, 0.2) is 6.61 Å². The molecule has 0 bridgehead atoms. The number of carboxylic acids is 2. The zero-order valence-corrected chi connectivity index (χ0v) is 39.6. The number of aryl methyl sites for hydroxylation is 3. The Kier molecular flexibility index (Phi) is 17.8. The molecule has 7 aromatic rings. The highest BCUT2D eigenvalue weighted by molar-refractivity contribution is 7.98. The van der Waals surface area contributed by atoms with Gasteiger partial charge in [0.25, 0.3) is 0 Å². The van der Waals surface area contributed by atoms with E-state index in [1.165, 1.54) is 34.2 Å². The smallest absolute Gasteiger partial charge is 0.449 e. The molecular weight excluding hydrogens is 970 g/mol. The normalized spacial score (nSPS) is 11.5. The molecule has 0 fully saturated rings. The van der Waals surface area contributed by atoms with Gasteiger partial charge in [-0.25, -0.2) is 4.79 Å². The van der Waals surface area contributed by atoms with Crippen LogP contribution in [0.2, 0.25) is 5.02 Å². The van der Waals surface area contributed by atoms with Gasteiger partial charge in [0.1, 0.15) is 23.9 Å². The molecule has 7 nitrogen and oxygen atoms in total. The van der Waals surface area contributed by atoms with Crippen LogP contribution < -0.4 is 9.47 Å². The molecule has 2 aromatic heterocycles. The van der Waals surface area contributed by atoms with Crippen LogP contribution in [-0.2, 0) is 52.2 Å². The summed E-state index contributed by atoms with van der Waals surface area (Å²) in [6.45, 7) is 2.95. The standard InChI is InChI=1S/C29H25F3O3S3.C22H18ClF3O4/c1-19-13-24(11-12-25(19)35-15-28(33)34)37-18-27-22(17-36-16-20-5-3-2-4-6-20)14-26(38-27)21-7-9-23(10-8-21)29(30,31)32;1-13-10-18(8-4-14(13)5-9-20(27)28)29-12-16-11-19(30-21(16)22(24,25)26)15-2-6-17(23)7-3-15/h2-14H,15-18H2,1H3,(H,33,34);2-4,6-8,10-11H,5,9,12H2,1H3,(H,27,28). The number of thioether (sulfide) groups is 2. The minimum absolute atomic E-state index is 0.00151. The number of carbonyl (C=O) groups is 2. The number of alkyl halides is 6. The fourth-order valence-electron chi connectivity index (χ4n) is 6.67. The lowest BCUT2D eigenvalue weighted by atomic mass is 10.0. The third-order valence-electron chi connectivity index (χ3n) is 10.1. The predicted molar refractivity (Wildman–Crippen MR) is 256 cm³/mol. The van der Waals surface area contributed by atoms with Crippen molar-refractivity contribution in [2.75, 3.05) is 6.61 Å². The van der Waals surface area contributed by atoms with Gasteiger partial charge in [0.05, 0.1) is 5.56 Å². The summed E-state index contributed by atoms with van der Waals surface area (Å²) < 4.78 is 95.3. The number of hydrogen-bond acceptors (Lipinski definition) is 8. The highest BCUT2D eigenvalue weighted by Crippen LogP contribution is 2.41. The van der Waals surface area contributed by atoms with Crippen molar-refractivity contribution in [3.8, 4) is 33.3 Å². The quantitative estimate of drug-likeness (QED) is 0.0642. The van der Waals surface area contributed by atoms with E-state index < -0.39 is 35.6 Å². The van der Waals surface area contributed by atoms with Gasteiger partial charge in [0, 0.05) is 54.5 Å². The van der Waals surface area contributed by atoms with E-state index in [1.54, 1.807) is 90.3 Å². The molecule has 0 aliphatic heterocycles. The van der Waals surface area contributed by atoms with Crippen LogP contribution in [0.15, 0.2) is 137 Å². The molecule has 0 aliphatic carbocycles. The largest absolute Gasteiger partial charge is 0.489 e. The van der Waals surface area contributed by atoms with Crippen LogP contribution in [0.1, 0.15) is 56.0 Å². The number of benzene rings is 5. The lowest BCUT2D eigenvalue weighted by Gasteiger charge is -2.11. The number of furan rings is 1. The average Bonchev–Trinajstić information content (AvgIpc) is 3.92. The molecule has 7 rings (SSSR count). The molecule has 356 valence electrons. The number of carboxylic acid groups (broad SMARTS) is 2. The average molecular weight is 1010 g/mol. The first-order valence-electron chi connectivity index (χ1n) is 20.7. The van der Waals surface area contributed by atoms with Crippen molar-refractivity contribution in [2.24, 2.45) is 0 Å². The number of rotatable bonds is 18. The maximum Gasteiger partial charge on any atom is 0.449 e. The van der Waals surface area contributed by atoms with Crippen molar-refractivity contribution < 1.29 is 60.0 Å². The van der Waals surface area contributed by atoms with Crippen LogP contribution in [0, 0.1) is 13.8 Å². The second kappa shape index (κ2) is 23.5. The van der Waals surface area contributed by atoms with Crippen molar-refractivity contribution >= 4 is 58.4 Å². The monoisotopic (exact) mass is 1010 g/mol. The second-order valence-corrected chi connectivity index (χ2v) is 18.9. The molecule has 0 amide bonds. The van der Waals surface area contributed by atoms with Crippen LogP contribution >= 0.6 is 46.5 Å². The van der Waals surface area contributed by atoms with Gasteiger partial charge in [-0.1, -0.05) is 60.1 Å². The molecule has 0 atom stereocenters. The van der Waals surface area contributed by atoms with Crippen molar-refractivity contribution in [3.63, 3.8) is 0 Å². The summed E-state index contributed by atoms with van der Waals surface area (Å²) in [5.74, 6) is 0.331. The number of aliphatic carboxylic acids is 2. The van der Waals surface area contributed by atoms with Crippen LogP contribution in [0.4, 0.5) is 26.3 Å². The fraction of sp³-hybridized carbons (Fsp3) is 0.216. The SMILES string of the molecule is Cc1cc(OCc2cc(-c3ccc(Cl)cc3)oc2C(F)(F)F)ccc1CCC(=O)O.Cc1cc(SCc2sc(-c3ccc(C(F)(F)F)cc3)cc2CSCc2ccccc2)ccc1OCC(=O)O. The first-order valence-corrected chi connectivity index (χ1v) is 24.0. The lowest BCUT2D eigenvalue weighted by molar-refractivity contribution is -0.153. The molecule has 0 radical (unpaired) electrons. The van der Waals surface area contributed by atoms with Gasteiger partial charge in [-0.2, -0.15) is 38.1 Å². The van der Waals surface area contributed by atoms with Gasteiger partial charge >= 0.3 is 24.3 Å². The van der Waals surface area contributed by atoms with E-state index in [9.17, 15) is 35.9 Å². The zero-order chi connectivity index (χ0) is 49.0. The van der Waals surface area contributed by atoms with E-state index >= 15 is 0 Å². The summed E-state index contributed by atoms with van der Waals surface area (Å²) in [6.07, 6.45) is -8.66. The Morgan fingerprint density at radius 2 is 1.40 bits per heavy atom. The molecular formula is C51H43ClF6O7S3. The van der Waals surface area contributed by atoms with Gasteiger partial charge in [0.2, 0.25) is 5.76 Å². The molecule has 17 heteroatoms. The maximum atomic E-state index is 13.4. The molecule has 2 heterocycles. The summed E-state index contributed by atoms with van der Waals surface area (Å²) in [5.41, 5.74) is 5.38. The molecule has 0 saturated heterocycles. The highest BCUT2D eigenvalue weighted by atomic mass is 35.5. The van der Waals surface area contributed by atoms with Gasteiger partial charge < -0.3 is 24.1 Å². The van der Waals surface area contributed by atoms with Gasteiger partial charge in [-0.3, -0.25) is 4.79 Å². The van der Waals surface area contributed by atoms with E-state index in [0.717, 1.165) is 55.7 Å². The maximum absolute atomic E-state index is 13.4. The summed E-state index contributed by atoms with van der Waals surface area (Å²) in [5, 5.41) is 18.1.